The lowest BCUT2D eigenvalue weighted by molar-refractivity contribution is -0.165. The Morgan fingerprint density at radius 1 is 0.750 bits per heavy atom. The topological polar surface area (TPSA) is 52.6 Å². The Labute approximate surface area is 142 Å². The molecular formula is C14H10I2O4. The minimum atomic E-state index is -0.486. The largest absolute Gasteiger partial charge is 0.460 e. The van der Waals surface area contributed by atoms with Gasteiger partial charge in [0.1, 0.15) is 12.2 Å². The number of alkyl halides is 2. The lowest BCUT2D eigenvalue weighted by atomic mass is 9.51. The molecule has 0 N–H and O–H groups in total. The van der Waals surface area contributed by atoms with Crippen LogP contribution < -0.4 is 0 Å². The van der Waals surface area contributed by atoms with E-state index in [2.05, 4.69) is 45.2 Å². The van der Waals surface area contributed by atoms with Gasteiger partial charge in [-0.3, -0.25) is 9.59 Å². The van der Waals surface area contributed by atoms with Crippen molar-refractivity contribution in [3.63, 3.8) is 0 Å². The van der Waals surface area contributed by atoms with Gasteiger partial charge in [-0.25, -0.2) is 0 Å². The zero-order valence-electron chi connectivity index (χ0n) is 10.2. The number of ether oxygens (including phenoxy) is 2. The van der Waals surface area contributed by atoms with E-state index in [1.54, 1.807) is 0 Å². The summed E-state index contributed by atoms with van der Waals surface area (Å²) in [5, 5.41) is 0. The molecule has 8 fully saturated rings. The summed E-state index contributed by atoms with van der Waals surface area (Å²) in [6, 6.07) is 0. The SMILES string of the molecule is O=C1O[C@H]2[C@H](I)[C@@H]3[C@@H]4[C@@H]5[C@@H]6[C@@H](I)[C@H]7OC(=O)[C@]3([C@@H]75)[C@]16[C@H]24. The summed E-state index contributed by atoms with van der Waals surface area (Å²) < 4.78 is 12.2. The van der Waals surface area contributed by atoms with Gasteiger partial charge in [0.15, 0.2) is 0 Å². The molecule has 0 radical (unpaired) electrons. The summed E-state index contributed by atoms with van der Waals surface area (Å²) in [7, 11) is 0. The standard InChI is InChI=1S/C14H10I2O4/c15-7-3-1-2-4-8(16)10-6(2)13(3,11(17)20-10)14(4)5(1)9(7)19-12(14)18/h1-10H/t1-,2+,3-,4+,5-,6+,7-,8-,9+,10-,13-,14+/m1/s1. The van der Waals surface area contributed by atoms with E-state index in [0.29, 0.717) is 43.4 Å². The molecule has 8 bridgehead atoms. The van der Waals surface area contributed by atoms with Crippen LogP contribution in [0.4, 0.5) is 0 Å². The molecule has 104 valence electrons. The zero-order chi connectivity index (χ0) is 13.3. The maximum atomic E-state index is 12.9. The van der Waals surface area contributed by atoms with Gasteiger partial charge in [0.2, 0.25) is 0 Å². The molecule has 2 aliphatic heterocycles. The molecule has 2 spiro atoms. The Kier molecular flexibility index (Phi) is 1.42. The van der Waals surface area contributed by atoms with Crippen molar-refractivity contribution in [2.75, 3.05) is 0 Å². The number of halogens is 2. The molecule has 8 aliphatic rings. The fourth-order valence-corrected chi connectivity index (χ4v) is 11.7. The van der Waals surface area contributed by atoms with Crippen LogP contribution in [0.25, 0.3) is 0 Å². The molecule has 2 heterocycles. The maximum Gasteiger partial charge on any atom is 0.314 e. The monoisotopic (exact) mass is 496 g/mol. The minimum absolute atomic E-state index is 0.0480. The molecule has 0 aromatic heterocycles. The fraction of sp³-hybridized carbons (Fsp3) is 0.857. The van der Waals surface area contributed by atoms with Crippen molar-refractivity contribution in [2.45, 2.75) is 20.1 Å². The number of carbonyl (C=O) groups excluding carboxylic acids is 2. The van der Waals surface area contributed by atoms with Crippen molar-refractivity contribution < 1.29 is 19.1 Å². The first-order valence-electron chi connectivity index (χ1n) is 7.30. The van der Waals surface area contributed by atoms with Gasteiger partial charge in [0.05, 0.1) is 18.7 Å². The van der Waals surface area contributed by atoms with Gasteiger partial charge in [0.25, 0.3) is 0 Å². The molecule has 8 rings (SSSR count). The quantitative estimate of drug-likeness (QED) is 0.288. The van der Waals surface area contributed by atoms with Crippen LogP contribution in [0.1, 0.15) is 0 Å². The molecule has 2 saturated heterocycles. The third-order valence-electron chi connectivity index (χ3n) is 8.07. The van der Waals surface area contributed by atoms with Crippen molar-refractivity contribution in [1.29, 1.82) is 0 Å². The van der Waals surface area contributed by atoms with Crippen LogP contribution in [-0.2, 0) is 19.1 Å². The molecule has 6 heteroatoms. The van der Waals surface area contributed by atoms with Crippen molar-refractivity contribution >= 4 is 57.1 Å². The van der Waals surface area contributed by atoms with Crippen molar-refractivity contribution in [3.8, 4) is 0 Å². The van der Waals surface area contributed by atoms with Crippen molar-refractivity contribution in [3.05, 3.63) is 0 Å². The van der Waals surface area contributed by atoms with Crippen molar-refractivity contribution in [1.82, 2.24) is 0 Å². The normalized spacial score (nSPS) is 78.9. The highest BCUT2D eigenvalue weighted by molar-refractivity contribution is 14.1. The maximum absolute atomic E-state index is 12.9. The van der Waals surface area contributed by atoms with Crippen LogP contribution in [0.5, 0.6) is 0 Å². The Bertz CT molecular complexity index is 610. The lowest BCUT2D eigenvalue weighted by Gasteiger charge is -2.46. The van der Waals surface area contributed by atoms with Crippen LogP contribution in [-0.4, -0.2) is 32.0 Å². The molecule has 0 amide bonds. The molecule has 0 aromatic rings. The third kappa shape index (κ3) is 0.587. The smallest absolute Gasteiger partial charge is 0.314 e. The molecule has 6 aliphatic carbocycles. The van der Waals surface area contributed by atoms with Gasteiger partial charge in [-0.05, 0) is 23.7 Å². The van der Waals surface area contributed by atoms with Gasteiger partial charge in [-0.15, -0.1) is 0 Å². The molecule has 0 aromatic carbocycles. The summed E-state index contributed by atoms with van der Waals surface area (Å²) in [6.07, 6.45) is 0.149. The van der Waals surface area contributed by atoms with Crippen molar-refractivity contribution in [2.24, 2.45) is 46.3 Å². The first-order chi connectivity index (χ1) is 9.59. The zero-order valence-corrected chi connectivity index (χ0v) is 14.5. The number of rotatable bonds is 0. The van der Waals surface area contributed by atoms with E-state index in [9.17, 15) is 9.59 Å². The number of hydrogen-bond donors (Lipinski definition) is 0. The highest BCUT2D eigenvalue weighted by Crippen LogP contribution is 2.97. The van der Waals surface area contributed by atoms with E-state index in [4.69, 9.17) is 9.47 Å². The molecule has 0 unspecified atom stereocenters. The highest BCUT2D eigenvalue weighted by atomic mass is 127. The van der Waals surface area contributed by atoms with Crippen LogP contribution in [0.2, 0.25) is 0 Å². The van der Waals surface area contributed by atoms with E-state index in [1.165, 1.54) is 0 Å². The van der Waals surface area contributed by atoms with Gasteiger partial charge in [-0.1, -0.05) is 45.2 Å². The van der Waals surface area contributed by atoms with Crippen LogP contribution in [0, 0.1) is 46.3 Å². The summed E-state index contributed by atoms with van der Waals surface area (Å²) in [5.74, 6) is 2.33. The van der Waals surface area contributed by atoms with Crippen LogP contribution >= 0.6 is 45.2 Å². The average Bonchev–Trinajstić information content (AvgIpc) is 3.16. The minimum Gasteiger partial charge on any atom is -0.460 e. The summed E-state index contributed by atoms with van der Waals surface area (Å²) in [5.41, 5.74) is -0.972. The van der Waals surface area contributed by atoms with E-state index >= 15 is 0 Å². The van der Waals surface area contributed by atoms with E-state index in [1.807, 2.05) is 0 Å². The highest BCUT2D eigenvalue weighted by Gasteiger charge is 3.05. The summed E-state index contributed by atoms with van der Waals surface area (Å²) in [4.78, 5) is 25.8. The van der Waals surface area contributed by atoms with Gasteiger partial charge in [-0.2, -0.15) is 0 Å². The molecule has 20 heavy (non-hydrogen) atoms. The summed E-state index contributed by atoms with van der Waals surface area (Å²) in [6.45, 7) is 0. The van der Waals surface area contributed by atoms with E-state index in [0.717, 1.165) is 0 Å². The molecule has 12 atom stereocenters. The number of esters is 2. The fourth-order valence-electron chi connectivity index (χ4n) is 8.46. The van der Waals surface area contributed by atoms with Gasteiger partial charge < -0.3 is 9.47 Å². The Hall–Kier alpha value is 0.400. The Morgan fingerprint density at radius 2 is 1.15 bits per heavy atom. The lowest BCUT2D eigenvalue weighted by Crippen LogP contribution is -2.59. The summed E-state index contributed by atoms with van der Waals surface area (Å²) >= 11 is 4.88. The molecular weight excluding hydrogens is 486 g/mol. The first kappa shape index (κ1) is 11.0. The van der Waals surface area contributed by atoms with E-state index < -0.39 is 10.8 Å². The second kappa shape index (κ2) is 2.59. The number of hydrogen-bond acceptors (Lipinski definition) is 4. The number of carbonyl (C=O) groups is 2. The second-order valence-corrected chi connectivity index (χ2v) is 10.5. The molecule has 4 nitrogen and oxygen atoms in total. The first-order valence-corrected chi connectivity index (χ1v) is 9.79. The van der Waals surface area contributed by atoms with Crippen LogP contribution in [0.3, 0.4) is 0 Å². The van der Waals surface area contributed by atoms with Gasteiger partial charge >= 0.3 is 11.9 Å². The predicted molar refractivity (Wildman–Crippen MR) is 81.2 cm³/mol. The molecule has 6 saturated carbocycles. The average molecular weight is 496 g/mol. The van der Waals surface area contributed by atoms with Gasteiger partial charge in [0, 0.05) is 11.8 Å². The third-order valence-corrected chi connectivity index (χ3v) is 11.0. The van der Waals surface area contributed by atoms with Crippen LogP contribution in [0.15, 0.2) is 0 Å². The Morgan fingerprint density at radius 3 is 1.55 bits per heavy atom. The Balaban J connectivity index is 1.68. The predicted octanol–water partition coefficient (Wildman–Crippen LogP) is 1.18. The van der Waals surface area contributed by atoms with E-state index in [-0.39, 0.29) is 24.1 Å². The second-order valence-electron chi connectivity index (χ2n) is 7.62.